The van der Waals surface area contributed by atoms with Crippen molar-refractivity contribution in [2.75, 3.05) is 5.43 Å². The lowest BCUT2D eigenvalue weighted by Gasteiger charge is -2.02. The van der Waals surface area contributed by atoms with Gasteiger partial charge in [0.1, 0.15) is 4.90 Å². The van der Waals surface area contributed by atoms with Crippen molar-refractivity contribution in [1.82, 2.24) is 0 Å². The van der Waals surface area contributed by atoms with Gasteiger partial charge in [-0.25, -0.2) is 0 Å². The summed E-state index contributed by atoms with van der Waals surface area (Å²) in [6.07, 6.45) is 1.34. The van der Waals surface area contributed by atoms with Crippen molar-refractivity contribution in [3.8, 4) is 0 Å². The predicted octanol–water partition coefficient (Wildman–Crippen LogP) is 2.38. The summed E-state index contributed by atoms with van der Waals surface area (Å²) in [5, 5.41) is 3.94. The first-order chi connectivity index (χ1) is 9.07. The number of benzene rings is 2. The minimum Gasteiger partial charge on any atom is -0.282 e. The highest BCUT2D eigenvalue weighted by molar-refractivity contribution is 7.86. The third kappa shape index (κ3) is 3.64. The minimum atomic E-state index is -4.25. The molecule has 0 spiro atoms. The molecule has 0 heterocycles. The Balaban J connectivity index is 2.20. The molecule has 0 fully saturated rings. The van der Waals surface area contributed by atoms with E-state index in [0.717, 1.165) is 5.69 Å². The number of anilines is 1. The maximum absolute atomic E-state index is 11.2. The number of nitrogens with one attached hydrogen (secondary N) is 1. The molecule has 19 heavy (non-hydrogen) atoms. The van der Waals surface area contributed by atoms with E-state index in [1.54, 1.807) is 12.1 Å². The maximum Gasteiger partial charge on any atom is 0.295 e. The van der Waals surface area contributed by atoms with Gasteiger partial charge in [-0.1, -0.05) is 36.4 Å². The lowest BCUT2D eigenvalue weighted by atomic mass is 10.2. The van der Waals surface area contributed by atoms with Gasteiger partial charge in [0.15, 0.2) is 0 Å². The molecule has 5 nitrogen and oxygen atoms in total. The summed E-state index contributed by atoms with van der Waals surface area (Å²) in [4.78, 5) is -0.173. The number of rotatable bonds is 4. The molecule has 0 bridgehead atoms. The Morgan fingerprint density at radius 1 is 1.00 bits per heavy atom. The number of nitrogens with zero attached hydrogens (tertiary/aromatic N) is 1. The molecule has 0 saturated heterocycles. The topological polar surface area (TPSA) is 78.8 Å². The van der Waals surface area contributed by atoms with Crippen molar-refractivity contribution in [3.05, 3.63) is 60.2 Å². The zero-order valence-corrected chi connectivity index (χ0v) is 10.7. The van der Waals surface area contributed by atoms with Crippen molar-refractivity contribution in [3.63, 3.8) is 0 Å². The van der Waals surface area contributed by atoms with Crippen LogP contribution in [0.15, 0.2) is 64.6 Å². The summed E-state index contributed by atoms with van der Waals surface area (Å²) < 4.78 is 31.4. The number of para-hydroxylation sites is 1. The van der Waals surface area contributed by atoms with Gasteiger partial charge in [0.05, 0.1) is 11.9 Å². The fraction of sp³-hybridized carbons (Fsp3) is 0. The number of hydrogen-bond acceptors (Lipinski definition) is 4. The third-order valence-electron chi connectivity index (χ3n) is 2.37. The van der Waals surface area contributed by atoms with Crippen LogP contribution in [0, 0.1) is 0 Å². The predicted molar refractivity (Wildman–Crippen MR) is 73.9 cm³/mol. The van der Waals surface area contributed by atoms with Gasteiger partial charge in [-0.05, 0) is 18.2 Å². The summed E-state index contributed by atoms with van der Waals surface area (Å²) in [6, 6.07) is 15.3. The van der Waals surface area contributed by atoms with Crippen LogP contribution in [0.25, 0.3) is 0 Å². The molecule has 98 valence electrons. The van der Waals surface area contributed by atoms with Gasteiger partial charge in [0, 0.05) is 5.56 Å². The number of hydrazone groups is 1. The molecule has 2 rings (SSSR count). The van der Waals surface area contributed by atoms with Gasteiger partial charge < -0.3 is 0 Å². The first kappa shape index (κ1) is 13.3. The molecule has 2 aromatic carbocycles. The van der Waals surface area contributed by atoms with Crippen molar-refractivity contribution < 1.29 is 13.0 Å². The summed E-state index contributed by atoms with van der Waals surface area (Å²) in [7, 11) is -4.25. The zero-order chi connectivity index (χ0) is 13.7. The normalized spacial score (nSPS) is 11.6. The largest absolute Gasteiger partial charge is 0.295 e. The molecule has 0 unspecified atom stereocenters. The summed E-state index contributed by atoms with van der Waals surface area (Å²) >= 11 is 0. The molecular formula is C13H12N2O3S. The van der Waals surface area contributed by atoms with E-state index in [-0.39, 0.29) is 4.90 Å². The molecule has 0 saturated carbocycles. The average Bonchev–Trinajstić information content (AvgIpc) is 2.39. The van der Waals surface area contributed by atoms with Gasteiger partial charge in [-0.3, -0.25) is 9.98 Å². The second-order valence-corrected chi connectivity index (χ2v) is 5.14. The molecule has 0 atom stereocenters. The van der Waals surface area contributed by atoms with E-state index in [9.17, 15) is 8.42 Å². The van der Waals surface area contributed by atoms with E-state index < -0.39 is 10.1 Å². The molecule has 2 aromatic rings. The van der Waals surface area contributed by atoms with Crippen LogP contribution >= 0.6 is 0 Å². The van der Waals surface area contributed by atoms with Crippen molar-refractivity contribution in [2.45, 2.75) is 4.90 Å². The molecule has 0 aliphatic rings. The molecule has 0 aliphatic heterocycles. The van der Waals surface area contributed by atoms with Crippen LogP contribution in [0.5, 0.6) is 0 Å². The summed E-state index contributed by atoms with van der Waals surface area (Å²) in [5.41, 5.74) is 3.86. The van der Waals surface area contributed by atoms with E-state index >= 15 is 0 Å². The van der Waals surface area contributed by atoms with Crippen LogP contribution in [-0.2, 0) is 10.1 Å². The third-order valence-corrected chi connectivity index (χ3v) is 3.30. The molecule has 6 heteroatoms. The summed E-state index contributed by atoms with van der Waals surface area (Å²) in [6.45, 7) is 0. The average molecular weight is 276 g/mol. The fourth-order valence-corrected chi connectivity index (χ4v) is 2.18. The number of hydrogen-bond donors (Lipinski definition) is 2. The monoisotopic (exact) mass is 276 g/mol. The van der Waals surface area contributed by atoms with Gasteiger partial charge in [-0.15, -0.1) is 0 Å². The van der Waals surface area contributed by atoms with Gasteiger partial charge in [0.25, 0.3) is 10.1 Å². The van der Waals surface area contributed by atoms with E-state index in [1.807, 2.05) is 30.3 Å². The SMILES string of the molecule is O=S(=O)(O)c1ccccc1C=NNc1ccccc1. The van der Waals surface area contributed by atoms with Crippen LogP contribution in [0.3, 0.4) is 0 Å². The summed E-state index contributed by atoms with van der Waals surface area (Å²) in [5.74, 6) is 0. The first-order valence-electron chi connectivity index (χ1n) is 5.48. The highest BCUT2D eigenvalue weighted by Gasteiger charge is 2.12. The Labute approximate surface area is 111 Å². The van der Waals surface area contributed by atoms with E-state index in [0.29, 0.717) is 5.56 Å². The van der Waals surface area contributed by atoms with Crippen LogP contribution < -0.4 is 5.43 Å². The standard InChI is InChI=1S/C13H12N2O3S/c16-19(17,18)13-9-5-4-6-11(13)10-14-15-12-7-2-1-3-8-12/h1-10,15H,(H,16,17,18). The highest BCUT2D eigenvalue weighted by atomic mass is 32.2. The lowest BCUT2D eigenvalue weighted by molar-refractivity contribution is 0.483. The molecule has 0 aromatic heterocycles. The Bertz CT molecular complexity index is 682. The van der Waals surface area contributed by atoms with Crippen LogP contribution in [0.1, 0.15) is 5.56 Å². The van der Waals surface area contributed by atoms with E-state index in [1.165, 1.54) is 18.3 Å². The Hall–Kier alpha value is -2.18. The quantitative estimate of drug-likeness (QED) is 0.510. The van der Waals surface area contributed by atoms with E-state index in [4.69, 9.17) is 4.55 Å². The van der Waals surface area contributed by atoms with Crippen molar-refractivity contribution in [1.29, 1.82) is 0 Å². The molecule has 0 amide bonds. The molecule has 2 N–H and O–H groups in total. The highest BCUT2D eigenvalue weighted by Crippen LogP contribution is 2.13. The Kier molecular flexibility index (Phi) is 3.94. The zero-order valence-electron chi connectivity index (χ0n) is 9.89. The van der Waals surface area contributed by atoms with E-state index in [2.05, 4.69) is 10.5 Å². The van der Waals surface area contributed by atoms with Crippen molar-refractivity contribution in [2.24, 2.45) is 5.10 Å². The second kappa shape index (κ2) is 5.64. The maximum atomic E-state index is 11.2. The first-order valence-corrected chi connectivity index (χ1v) is 6.92. The Morgan fingerprint density at radius 2 is 1.63 bits per heavy atom. The van der Waals surface area contributed by atoms with Crippen LogP contribution in [0.4, 0.5) is 5.69 Å². The second-order valence-electron chi connectivity index (χ2n) is 3.75. The molecule has 0 radical (unpaired) electrons. The molecule has 0 aliphatic carbocycles. The fourth-order valence-electron chi connectivity index (χ4n) is 1.51. The van der Waals surface area contributed by atoms with Crippen LogP contribution in [-0.4, -0.2) is 19.2 Å². The Morgan fingerprint density at radius 3 is 2.32 bits per heavy atom. The smallest absolute Gasteiger partial charge is 0.282 e. The molecular weight excluding hydrogens is 264 g/mol. The van der Waals surface area contributed by atoms with Gasteiger partial charge >= 0.3 is 0 Å². The van der Waals surface area contributed by atoms with Crippen LogP contribution in [0.2, 0.25) is 0 Å². The lowest BCUT2D eigenvalue weighted by Crippen LogP contribution is -2.03. The van der Waals surface area contributed by atoms with Crippen molar-refractivity contribution >= 4 is 22.0 Å². The minimum absolute atomic E-state index is 0.173. The van der Waals surface area contributed by atoms with Gasteiger partial charge in [-0.2, -0.15) is 13.5 Å². The van der Waals surface area contributed by atoms with Gasteiger partial charge in [0.2, 0.25) is 0 Å².